The summed E-state index contributed by atoms with van der Waals surface area (Å²) in [4.78, 5) is 2.25. The summed E-state index contributed by atoms with van der Waals surface area (Å²) < 4.78 is 5.83. The van der Waals surface area contributed by atoms with Gasteiger partial charge < -0.3 is 4.74 Å². The topological polar surface area (TPSA) is 12.5 Å². The minimum Gasteiger partial charge on any atom is -0.462 e. The van der Waals surface area contributed by atoms with Crippen LogP contribution in [0.15, 0.2) is 48.3 Å². The lowest BCUT2D eigenvalue weighted by Gasteiger charge is -2.15. The average molecular weight is 325 g/mol. The van der Waals surface area contributed by atoms with E-state index < -0.39 is 0 Å². The molecule has 0 heterocycles. The van der Waals surface area contributed by atoms with E-state index in [0.29, 0.717) is 0 Å². The van der Waals surface area contributed by atoms with Crippen LogP contribution < -0.4 is 4.74 Å². The van der Waals surface area contributed by atoms with Gasteiger partial charge in [-0.3, -0.25) is 4.90 Å². The normalized spacial score (nSPS) is 12.4. The molecule has 0 atom stereocenters. The maximum atomic E-state index is 5.83. The van der Waals surface area contributed by atoms with Gasteiger partial charge in [-0.1, -0.05) is 37.0 Å². The molecule has 130 valence electrons. The molecule has 0 saturated heterocycles. The Labute approximate surface area is 148 Å². The summed E-state index contributed by atoms with van der Waals surface area (Å²) in [6, 6.07) is 8.28. The number of ether oxygens (including phenoxy) is 1. The van der Waals surface area contributed by atoms with Gasteiger partial charge in [-0.25, -0.2) is 0 Å². The van der Waals surface area contributed by atoms with Gasteiger partial charge in [0, 0.05) is 18.5 Å². The maximum Gasteiger partial charge on any atom is 0.127 e. The van der Waals surface area contributed by atoms with Gasteiger partial charge in [-0.2, -0.15) is 0 Å². The molecule has 0 fully saturated rings. The van der Waals surface area contributed by atoms with E-state index in [2.05, 4.69) is 75.8 Å². The fraction of sp³-hybridized carbons (Fsp3) is 0.455. The van der Waals surface area contributed by atoms with Crippen molar-refractivity contribution >= 4 is 0 Å². The van der Waals surface area contributed by atoms with Crippen molar-refractivity contribution in [3.05, 3.63) is 53.8 Å². The SMILES string of the molecule is CC/C=C(/C)Oc1cccc(CN(C)C/C=C/C#CC(C)(C)C)c1. The summed E-state index contributed by atoms with van der Waals surface area (Å²) in [5.74, 6) is 8.15. The van der Waals surface area contributed by atoms with Gasteiger partial charge in [0.15, 0.2) is 0 Å². The monoisotopic (exact) mass is 325 g/mol. The minimum atomic E-state index is 0.0566. The third-order valence-electron chi connectivity index (χ3n) is 3.19. The molecule has 0 bridgehead atoms. The van der Waals surface area contributed by atoms with Crippen LogP contribution in [0.5, 0.6) is 5.75 Å². The predicted molar refractivity (Wildman–Crippen MR) is 104 cm³/mol. The second-order valence-electron chi connectivity index (χ2n) is 7.09. The van der Waals surface area contributed by atoms with E-state index in [1.54, 1.807) is 0 Å². The summed E-state index contributed by atoms with van der Waals surface area (Å²) >= 11 is 0. The standard InChI is InChI=1S/C22H31NO/c1-7-12-19(2)24-21-14-11-13-20(17-21)18-23(6)16-10-8-9-15-22(3,4)5/h8,10-14,17H,7,16,18H2,1-6H3/b10-8+,19-12-. The number of hydrogen-bond acceptors (Lipinski definition) is 2. The van der Waals surface area contributed by atoms with Crippen molar-refractivity contribution in [1.29, 1.82) is 0 Å². The predicted octanol–water partition coefficient (Wildman–Crippen LogP) is 5.42. The number of nitrogens with zero attached hydrogens (tertiary/aromatic N) is 1. The Morgan fingerprint density at radius 1 is 1.29 bits per heavy atom. The summed E-state index contributed by atoms with van der Waals surface area (Å²) in [6.07, 6.45) is 7.12. The lowest BCUT2D eigenvalue weighted by atomic mass is 9.98. The first kappa shape index (κ1) is 20.1. The summed E-state index contributed by atoms with van der Waals surface area (Å²) in [6.45, 7) is 12.2. The zero-order valence-electron chi connectivity index (χ0n) is 16.0. The highest BCUT2D eigenvalue weighted by atomic mass is 16.5. The molecule has 0 radical (unpaired) electrons. The molecule has 0 saturated carbocycles. The van der Waals surface area contributed by atoms with Crippen molar-refractivity contribution < 1.29 is 4.74 Å². The Balaban J connectivity index is 2.55. The van der Waals surface area contributed by atoms with Crippen molar-refractivity contribution in [2.75, 3.05) is 13.6 Å². The van der Waals surface area contributed by atoms with Crippen LogP contribution in [0.4, 0.5) is 0 Å². The first-order chi connectivity index (χ1) is 11.3. The molecule has 0 unspecified atom stereocenters. The van der Waals surface area contributed by atoms with E-state index in [1.165, 1.54) is 5.56 Å². The van der Waals surface area contributed by atoms with Crippen LogP contribution in [0.3, 0.4) is 0 Å². The zero-order chi connectivity index (χ0) is 18.0. The fourth-order valence-electron chi connectivity index (χ4n) is 2.15. The molecule has 24 heavy (non-hydrogen) atoms. The average Bonchev–Trinajstić information content (AvgIpc) is 2.46. The Kier molecular flexibility index (Phi) is 8.36. The van der Waals surface area contributed by atoms with Crippen molar-refractivity contribution in [2.24, 2.45) is 5.41 Å². The van der Waals surface area contributed by atoms with Crippen molar-refractivity contribution in [1.82, 2.24) is 4.90 Å². The molecule has 0 aliphatic rings. The molecule has 1 aromatic carbocycles. The second-order valence-corrected chi connectivity index (χ2v) is 7.09. The Hall–Kier alpha value is -1.98. The first-order valence-corrected chi connectivity index (χ1v) is 8.60. The van der Waals surface area contributed by atoms with Crippen LogP contribution in [0.25, 0.3) is 0 Å². The van der Waals surface area contributed by atoms with E-state index in [0.717, 1.165) is 31.0 Å². The van der Waals surface area contributed by atoms with Crippen LogP contribution >= 0.6 is 0 Å². The van der Waals surface area contributed by atoms with Gasteiger partial charge in [-0.05, 0) is 71.0 Å². The van der Waals surface area contributed by atoms with E-state index >= 15 is 0 Å². The van der Waals surface area contributed by atoms with Gasteiger partial charge in [0.25, 0.3) is 0 Å². The Morgan fingerprint density at radius 3 is 2.71 bits per heavy atom. The Bertz CT molecular complexity index is 623. The highest BCUT2D eigenvalue weighted by Crippen LogP contribution is 2.17. The van der Waals surface area contributed by atoms with Crippen LogP contribution in [-0.2, 0) is 6.54 Å². The molecule has 1 rings (SSSR count). The van der Waals surface area contributed by atoms with Gasteiger partial charge in [0.05, 0.1) is 5.76 Å². The maximum absolute atomic E-state index is 5.83. The molecule has 0 N–H and O–H groups in total. The molecular weight excluding hydrogens is 294 g/mol. The van der Waals surface area contributed by atoms with E-state index in [9.17, 15) is 0 Å². The van der Waals surface area contributed by atoms with Gasteiger partial charge >= 0.3 is 0 Å². The third kappa shape index (κ3) is 9.22. The van der Waals surface area contributed by atoms with E-state index in [1.807, 2.05) is 25.1 Å². The first-order valence-electron chi connectivity index (χ1n) is 8.60. The quantitative estimate of drug-likeness (QED) is 0.490. The molecule has 0 aromatic heterocycles. The minimum absolute atomic E-state index is 0.0566. The second kappa shape index (κ2) is 10.0. The number of hydrogen-bond donors (Lipinski definition) is 0. The lowest BCUT2D eigenvalue weighted by Crippen LogP contribution is -2.17. The Morgan fingerprint density at radius 2 is 2.04 bits per heavy atom. The highest BCUT2D eigenvalue weighted by molar-refractivity contribution is 5.30. The van der Waals surface area contributed by atoms with E-state index in [4.69, 9.17) is 4.74 Å². The van der Waals surface area contributed by atoms with Crippen LogP contribution in [0.1, 0.15) is 46.6 Å². The lowest BCUT2D eigenvalue weighted by molar-refractivity contribution is 0.362. The number of likely N-dealkylation sites (N-methyl/N-ethyl adjacent to an activating group) is 1. The molecule has 0 aliphatic carbocycles. The molecule has 1 aromatic rings. The molecule has 2 heteroatoms. The smallest absolute Gasteiger partial charge is 0.127 e. The van der Waals surface area contributed by atoms with Gasteiger partial charge in [0.1, 0.15) is 5.75 Å². The summed E-state index contributed by atoms with van der Waals surface area (Å²) in [7, 11) is 2.11. The van der Waals surface area contributed by atoms with Crippen molar-refractivity contribution in [3.8, 4) is 17.6 Å². The third-order valence-corrected chi connectivity index (χ3v) is 3.19. The van der Waals surface area contributed by atoms with Crippen LogP contribution in [0, 0.1) is 17.3 Å². The number of benzene rings is 1. The van der Waals surface area contributed by atoms with E-state index in [-0.39, 0.29) is 5.41 Å². The van der Waals surface area contributed by atoms with Gasteiger partial charge in [-0.15, -0.1) is 0 Å². The van der Waals surface area contributed by atoms with Crippen LogP contribution in [0.2, 0.25) is 0 Å². The molecule has 0 aliphatic heterocycles. The zero-order valence-corrected chi connectivity index (χ0v) is 16.0. The molecular formula is C22H31NO. The summed E-state index contributed by atoms with van der Waals surface area (Å²) in [5.41, 5.74) is 1.30. The van der Waals surface area contributed by atoms with Crippen LogP contribution in [-0.4, -0.2) is 18.5 Å². The van der Waals surface area contributed by atoms with Gasteiger partial charge in [0.2, 0.25) is 0 Å². The molecule has 2 nitrogen and oxygen atoms in total. The number of allylic oxidation sites excluding steroid dienone is 3. The largest absolute Gasteiger partial charge is 0.462 e. The summed E-state index contributed by atoms with van der Waals surface area (Å²) in [5, 5.41) is 0. The highest BCUT2D eigenvalue weighted by Gasteiger charge is 2.03. The fourth-order valence-corrected chi connectivity index (χ4v) is 2.15. The van der Waals surface area contributed by atoms with Crippen molar-refractivity contribution in [2.45, 2.75) is 47.6 Å². The number of rotatable bonds is 7. The molecule has 0 amide bonds. The van der Waals surface area contributed by atoms with Crippen molar-refractivity contribution in [3.63, 3.8) is 0 Å². The molecule has 0 spiro atoms.